The first-order valence-electron chi connectivity index (χ1n) is 8.84. The van der Waals surface area contributed by atoms with Crippen molar-refractivity contribution in [3.05, 3.63) is 102 Å². The van der Waals surface area contributed by atoms with Crippen LogP contribution >= 0.6 is 0 Å². The Kier molecular flexibility index (Phi) is 4.37. The van der Waals surface area contributed by atoms with E-state index in [1.807, 2.05) is 12.1 Å². The summed E-state index contributed by atoms with van der Waals surface area (Å²) in [5.74, 6) is -0.169. The first-order chi connectivity index (χ1) is 12.3. The molecule has 0 saturated carbocycles. The predicted molar refractivity (Wildman–Crippen MR) is 107 cm³/mol. The number of benzene rings is 3. The standard InChI is InChI=1S/C23H21FSi/c24-21-13-11-19(12-14-21)20-15-17-25(18-16-20,22-7-3-1-4-8-22)23-9-5-2-6-10-23/h1-15H,16-18H2. The highest BCUT2D eigenvalue weighted by atomic mass is 28.3. The minimum absolute atomic E-state index is 0.169. The van der Waals surface area contributed by atoms with E-state index in [9.17, 15) is 4.39 Å². The maximum Gasteiger partial charge on any atom is 0.123 e. The summed E-state index contributed by atoms with van der Waals surface area (Å²) in [5, 5.41) is 3.02. The van der Waals surface area contributed by atoms with Crippen molar-refractivity contribution in [2.24, 2.45) is 0 Å². The van der Waals surface area contributed by atoms with Gasteiger partial charge in [-0.3, -0.25) is 0 Å². The molecule has 0 fully saturated rings. The molecule has 0 saturated heterocycles. The number of hydrogen-bond acceptors (Lipinski definition) is 0. The zero-order valence-electron chi connectivity index (χ0n) is 14.2. The normalized spacial score (nSPS) is 16.3. The van der Waals surface area contributed by atoms with Gasteiger partial charge in [0, 0.05) is 0 Å². The van der Waals surface area contributed by atoms with E-state index >= 15 is 0 Å². The summed E-state index contributed by atoms with van der Waals surface area (Å²) >= 11 is 0. The van der Waals surface area contributed by atoms with E-state index in [0.717, 1.165) is 18.0 Å². The molecule has 0 aromatic heterocycles. The van der Waals surface area contributed by atoms with Crippen LogP contribution in [0.2, 0.25) is 12.1 Å². The molecule has 0 aliphatic carbocycles. The van der Waals surface area contributed by atoms with Crippen LogP contribution in [0.25, 0.3) is 5.57 Å². The maximum atomic E-state index is 13.2. The van der Waals surface area contributed by atoms with Crippen molar-refractivity contribution in [1.29, 1.82) is 0 Å². The smallest absolute Gasteiger partial charge is 0.123 e. The molecule has 4 rings (SSSR count). The molecule has 0 bridgehead atoms. The van der Waals surface area contributed by atoms with Gasteiger partial charge in [0.25, 0.3) is 0 Å². The quantitative estimate of drug-likeness (QED) is 0.594. The van der Waals surface area contributed by atoms with Crippen LogP contribution in [0.3, 0.4) is 0 Å². The van der Waals surface area contributed by atoms with Crippen molar-refractivity contribution >= 4 is 24.0 Å². The molecular formula is C23H21FSi. The number of allylic oxidation sites excluding steroid dienone is 2. The van der Waals surface area contributed by atoms with Crippen LogP contribution in [-0.2, 0) is 0 Å². The lowest BCUT2D eigenvalue weighted by atomic mass is 10.0. The molecule has 0 unspecified atom stereocenters. The van der Waals surface area contributed by atoms with Gasteiger partial charge in [-0.25, -0.2) is 4.39 Å². The molecule has 1 aliphatic heterocycles. The second kappa shape index (κ2) is 6.81. The van der Waals surface area contributed by atoms with Gasteiger partial charge in [0.1, 0.15) is 13.9 Å². The molecule has 2 heteroatoms. The zero-order chi connectivity index (χ0) is 17.1. The summed E-state index contributed by atoms with van der Waals surface area (Å²) in [4.78, 5) is 0. The fraction of sp³-hybridized carbons (Fsp3) is 0.130. The molecule has 0 nitrogen and oxygen atoms in total. The molecule has 3 aromatic carbocycles. The van der Waals surface area contributed by atoms with E-state index in [4.69, 9.17) is 0 Å². The van der Waals surface area contributed by atoms with Crippen LogP contribution in [0.15, 0.2) is 91.0 Å². The predicted octanol–water partition coefficient (Wildman–Crippen LogP) is 4.88. The van der Waals surface area contributed by atoms with E-state index < -0.39 is 8.07 Å². The van der Waals surface area contributed by atoms with Crippen LogP contribution in [0.5, 0.6) is 0 Å². The van der Waals surface area contributed by atoms with Crippen molar-refractivity contribution in [3.63, 3.8) is 0 Å². The van der Waals surface area contributed by atoms with E-state index in [0.29, 0.717) is 0 Å². The second-order valence-corrected chi connectivity index (χ2v) is 11.0. The highest BCUT2D eigenvalue weighted by molar-refractivity contribution is 7.02. The maximum absolute atomic E-state index is 13.2. The summed E-state index contributed by atoms with van der Waals surface area (Å²) in [6, 6.07) is 31.3. The van der Waals surface area contributed by atoms with E-state index in [1.54, 1.807) is 12.1 Å². The largest absolute Gasteiger partial charge is 0.207 e. The molecule has 25 heavy (non-hydrogen) atoms. The third-order valence-electron chi connectivity index (χ3n) is 5.39. The number of hydrogen-bond donors (Lipinski definition) is 0. The average Bonchev–Trinajstić information content (AvgIpc) is 2.70. The molecule has 1 heterocycles. The lowest BCUT2D eigenvalue weighted by Gasteiger charge is -2.36. The summed E-state index contributed by atoms with van der Waals surface area (Å²) in [5.41, 5.74) is 2.51. The van der Waals surface area contributed by atoms with Crippen LogP contribution in [0.1, 0.15) is 12.0 Å². The average molecular weight is 345 g/mol. The summed E-state index contributed by atoms with van der Waals surface area (Å²) < 4.78 is 13.2. The van der Waals surface area contributed by atoms with Gasteiger partial charge in [-0.1, -0.05) is 89.2 Å². The van der Waals surface area contributed by atoms with Crippen molar-refractivity contribution in [2.45, 2.75) is 18.5 Å². The van der Waals surface area contributed by atoms with Crippen LogP contribution in [-0.4, -0.2) is 8.07 Å². The van der Waals surface area contributed by atoms with Gasteiger partial charge in [0.05, 0.1) is 0 Å². The Balaban J connectivity index is 1.74. The topological polar surface area (TPSA) is 0 Å². The van der Waals surface area contributed by atoms with Crippen molar-refractivity contribution < 1.29 is 4.39 Å². The number of rotatable bonds is 3. The molecule has 0 N–H and O–H groups in total. The van der Waals surface area contributed by atoms with Gasteiger partial charge in [-0.15, -0.1) is 0 Å². The van der Waals surface area contributed by atoms with Gasteiger partial charge < -0.3 is 0 Å². The summed E-state index contributed by atoms with van der Waals surface area (Å²) in [6.07, 6.45) is 3.46. The highest BCUT2D eigenvalue weighted by Crippen LogP contribution is 2.33. The highest BCUT2D eigenvalue weighted by Gasteiger charge is 2.38. The van der Waals surface area contributed by atoms with Crippen LogP contribution in [0.4, 0.5) is 4.39 Å². The molecule has 3 aromatic rings. The van der Waals surface area contributed by atoms with E-state index in [-0.39, 0.29) is 5.82 Å². The molecular weight excluding hydrogens is 323 g/mol. The van der Waals surface area contributed by atoms with Gasteiger partial charge in [-0.05, 0) is 41.8 Å². The van der Waals surface area contributed by atoms with Gasteiger partial charge >= 0.3 is 0 Å². The number of halogens is 1. The molecule has 0 radical (unpaired) electrons. The van der Waals surface area contributed by atoms with Crippen LogP contribution < -0.4 is 10.4 Å². The third kappa shape index (κ3) is 3.10. The minimum atomic E-state index is -1.77. The minimum Gasteiger partial charge on any atom is -0.207 e. The Hall–Kier alpha value is -2.45. The lowest BCUT2D eigenvalue weighted by molar-refractivity contribution is 0.627. The first-order valence-corrected chi connectivity index (χ1v) is 11.3. The molecule has 0 amide bonds. The lowest BCUT2D eigenvalue weighted by Crippen LogP contribution is -2.58. The van der Waals surface area contributed by atoms with Crippen LogP contribution in [0, 0.1) is 5.82 Å². The van der Waals surface area contributed by atoms with E-state index in [1.165, 1.54) is 22.0 Å². The Bertz CT molecular complexity index is 827. The van der Waals surface area contributed by atoms with Crippen molar-refractivity contribution in [1.82, 2.24) is 0 Å². The monoisotopic (exact) mass is 344 g/mol. The summed E-state index contributed by atoms with van der Waals surface area (Å²) in [7, 11) is -1.77. The van der Waals surface area contributed by atoms with Crippen molar-refractivity contribution in [2.75, 3.05) is 0 Å². The third-order valence-corrected chi connectivity index (χ3v) is 10.3. The Morgan fingerprint density at radius 2 is 1.24 bits per heavy atom. The Labute approximate surface area is 149 Å². The molecule has 0 spiro atoms. The van der Waals surface area contributed by atoms with Gasteiger partial charge in [-0.2, -0.15) is 0 Å². The SMILES string of the molecule is Fc1ccc(C2=CC[Si](c3ccccc3)(c3ccccc3)CC2)cc1. The second-order valence-electron chi connectivity index (χ2n) is 6.75. The molecule has 0 atom stereocenters. The molecule has 1 aliphatic rings. The fourth-order valence-electron chi connectivity index (χ4n) is 3.98. The molecule has 124 valence electrons. The zero-order valence-corrected chi connectivity index (χ0v) is 15.2. The first kappa shape index (κ1) is 16.0. The summed E-state index contributed by atoms with van der Waals surface area (Å²) in [6.45, 7) is 0. The van der Waals surface area contributed by atoms with Crippen molar-refractivity contribution in [3.8, 4) is 0 Å². The Morgan fingerprint density at radius 1 is 0.680 bits per heavy atom. The van der Waals surface area contributed by atoms with Gasteiger partial charge in [0.2, 0.25) is 0 Å². The fourth-order valence-corrected chi connectivity index (χ4v) is 8.52. The Morgan fingerprint density at radius 3 is 1.72 bits per heavy atom. The van der Waals surface area contributed by atoms with Gasteiger partial charge in [0.15, 0.2) is 0 Å². The van der Waals surface area contributed by atoms with E-state index in [2.05, 4.69) is 66.7 Å².